The SMILES string of the molecule is CC=C(O)C(=O)OCCCOP(=O)([O-])OCCCCCCCCCCCC.[Na+]. The molecule has 0 aromatic rings. The van der Waals surface area contributed by atoms with Gasteiger partial charge in [-0.2, -0.15) is 0 Å². The molecule has 0 aliphatic carbocycles. The number of aliphatic hydroxyl groups is 1. The second-order valence-electron chi connectivity index (χ2n) is 6.46. The van der Waals surface area contributed by atoms with Crippen molar-refractivity contribution in [2.75, 3.05) is 19.8 Å². The number of hydrogen-bond acceptors (Lipinski definition) is 7. The van der Waals surface area contributed by atoms with Gasteiger partial charge >= 0.3 is 35.5 Å². The van der Waals surface area contributed by atoms with Crippen LogP contribution in [0.1, 0.15) is 84.5 Å². The predicted molar refractivity (Wildman–Crippen MR) is 103 cm³/mol. The minimum absolute atomic E-state index is 0. The summed E-state index contributed by atoms with van der Waals surface area (Å²) >= 11 is 0. The quantitative estimate of drug-likeness (QED) is 0.0883. The van der Waals surface area contributed by atoms with Crippen molar-refractivity contribution in [2.45, 2.75) is 84.5 Å². The van der Waals surface area contributed by atoms with E-state index in [9.17, 15) is 14.3 Å². The molecule has 0 saturated heterocycles. The first kappa shape index (κ1) is 30.3. The minimum atomic E-state index is -4.31. The molecule has 0 aliphatic rings. The Hall–Kier alpha value is 0.120. The van der Waals surface area contributed by atoms with Crippen molar-refractivity contribution in [3.63, 3.8) is 0 Å². The third-order valence-corrected chi connectivity index (χ3v) is 5.00. The Labute approximate surface area is 192 Å². The zero-order valence-electron chi connectivity index (χ0n) is 17.8. The molecule has 0 saturated carbocycles. The normalized spacial score (nSPS) is 13.6. The summed E-state index contributed by atoms with van der Waals surface area (Å²) in [5.74, 6) is -1.33. The number of carbonyl (C=O) groups is 1. The number of ether oxygens (including phenoxy) is 1. The standard InChI is InChI=1S/C19H37O7P.Na/c1-3-5-6-7-8-9-10-11-12-13-16-25-27(22,23)26-17-14-15-24-19(21)18(20)4-2;/h4,20H,3,5-17H2,1-2H3,(H,22,23);/q;+1/p-1. The average Bonchev–Trinajstić information content (AvgIpc) is 2.64. The van der Waals surface area contributed by atoms with Gasteiger partial charge in [0.1, 0.15) is 0 Å². The number of phosphoric ester groups is 1. The van der Waals surface area contributed by atoms with E-state index >= 15 is 0 Å². The largest absolute Gasteiger partial charge is 1.00 e. The molecule has 1 unspecified atom stereocenters. The first-order valence-electron chi connectivity index (χ1n) is 10.1. The molecule has 0 aromatic carbocycles. The van der Waals surface area contributed by atoms with Crippen molar-refractivity contribution in [1.29, 1.82) is 0 Å². The van der Waals surface area contributed by atoms with Crippen LogP contribution in [-0.4, -0.2) is 30.9 Å². The van der Waals surface area contributed by atoms with Crippen LogP contribution >= 0.6 is 7.82 Å². The first-order chi connectivity index (χ1) is 12.9. The van der Waals surface area contributed by atoms with Crippen LogP contribution in [0.25, 0.3) is 0 Å². The molecule has 0 spiro atoms. The average molecular weight is 430 g/mol. The van der Waals surface area contributed by atoms with Crippen LogP contribution in [0, 0.1) is 0 Å². The van der Waals surface area contributed by atoms with Crippen LogP contribution in [0.3, 0.4) is 0 Å². The molecule has 9 heteroatoms. The topological polar surface area (TPSA) is 105 Å². The van der Waals surface area contributed by atoms with Crippen LogP contribution < -0.4 is 34.5 Å². The van der Waals surface area contributed by atoms with E-state index in [4.69, 9.17) is 18.9 Å². The Morgan fingerprint density at radius 3 is 1.86 bits per heavy atom. The van der Waals surface area contributed by atoms with Crippen LogP contribution in [-0.2, 0) is 23.1 Å². The van der Waals surface area contributed by atoms with Crippen molar-refractivity contribution in [3.05, 3.63) is 11.8 Å². The smallest absolute Gasteiger partial charge is 0.756 e. The fourth-order valence-electron chi connectivity index (χ4n) is 2.40. The molecule has 0 amide bonds. The summed E-state index contributed by atoms with van der Waals surface area (Å²) in [7, 11) is -4.31. The van der Waals surface area contributed by atoms with Gasteiger partial charge in [-0.25, -0.2) is 4.79 Å². The van der Waals surface area contributed by atoms with Crippen molar-refractivity contribution in [3.8, 4) is 0 Å². The van der Waals surface area contributed by atoms with Gasteiger partial charge in [0, 0.05) is 6.42 Å². The van der Waals surface area contributed by atoms with E-state index in [1.54, 1.807) is 0 Å². The Kier molecular flexibility index (Phi) is 22.1. The number of allylic oxidation sites excluding steroid dienone is 1. The molecule has 0 rings (SSSR count). The zero-order chi connectivity index (χ0) is 20.4. The van der Waals surface area contributed by atoms with Gasteiger partial charge in [0.05, 0.1) is 19.8 Å². The monoisotopic (exact) mass is 430 g/mol. The number of esters is 1. The third-order valence-electron chi connectivity index (χ3n) is 4.00. The maximum atomic E-state index is 11.6. The third kappa shape index (κ3) is 19.4. The summed E-state index contributed by atoms with van der Waals surface area (Å²) in [5.41, 5.74) is 0. The van der Waals surface area contributed by atoms with Gasteiger partial charge in [-0.1, -0.05) is 64.7 Å². The Balaban J connectivity index is 0. The number of phosphoric acid groups is 1. The molecule has 28 heavy (non-hydrogen) atoms. The van der Waals surface area contributed by atoms with Gasteiger partial charge in [-0.05, 0) is 19.4 Å². The Morgan fingerprint density at radius 2 is 1.36 bits per heavy atom. The molecule has 0 heterocycles. The molecule has 1 N–H and O–H groups in total. The Bertz CT molecular complexity index is 458. The second-order valence-corrected chi connectivity index (χ2v) is 7.87. The number of unbranched alkanes of at least 4 members (excludes halogenated alkanes) is 9. The molecule has 0 bridgehead atoms. The number of hydrogen-bond donors (Lipinski definition) is 1. The summed E-state index contributed by atoms with van der Waals surface area (Å²) in [5, 5.41) is 9.09. The van der Waals surface area contributed by atoms with Crippen molar-refractivity contribution in [1.82, 2.24) is 0 Å². The van der Waals surface area contributed by atoms with E-state index in [0.717, 1.165) is 12.8 Å². The summed E-state index contributed by atoms with van der Waals surface area (Å²) in [6.07, 6.45) is 13.0. The van der Waals surface area contributed by atoms with Gasteiger partial charge in [-0.15, -0.1) is 0 Å². The van der Waals surface area contributed by atoms with Crippen LogP contribution in [0.5, 0.6) is 0 Å². The fourth-order valence-corrected chi connectivity index (χ4v) is 3.18. The summed E-state index contributed by atoms with van der Waals surface area (Å²) in [6, 6.07) is 0. The number of rotatable bonds is 18. The van der Waals surface area contributed by atoms with Gasteiger partial charge in [0.25, 0.3) is 7.82 Å². The van der Waals surface area contributed by atoms with E-state index in [0.29, 0.717) is 6.42 Å². The van der Waals surface area contributed by atoms with Crippen LogP contribution in [0.15, 0.2) is 11.8 Å². The van der Waals surface area contributed by atoms with Gasteiger partial charge in [0.2, 0.25) is 0 Å². The molecule has 0 aromatic heterocycles. The van der Waals surface area contributed by atoms with E-state index in [1.165, 1.54) is 57.9 Å². The minimum Gasteiger partial charge on any atom is -0.756 e. The number of carbonyl (C=O) groups excluding carboxylic acids is 1. The van der Waals surface area contributed by atoms with E-state index < -0.39 is 19.6 Å². The molecular formula is C19H36NaO7P. The van der Waals surface area contributed by atoms with Gasteiger partial charge < -0.3 is 23.8 Å². The van der Waals surface area contributed by atoms with E-state index in [-0.39, 0.29) is 55.8 Å². The van der Waals surface area contributed by atoms with Crippen LogP contribution in [0.4, 0.5) is 0 Å². The van der Waals surface area contributed by atoms with Crippen LogP contribution in [0.2, 0.25) is 0 Å². The predicted octanol–water partition coefficient (Wildman–Crippen LogP) is 1.81. The summed E-state index contributed by atoms with van der Waals surface area (Å²) in [4.78, 5) is 22.7. The number of aliphatic hydroxyl groups excluding tert-OH is 1. The fraction of sp³-hybridized carbons (Fsp3) is 0.842. The molecule has 7 nitrogen and oxygen atoms in total. The van der Waals surface area contributed by atoms with Crippen molar-refractivity contribution >= 4 is 13.8 Å². The molecule has 160 valence electrons. The molecule has 0 aliphatic heterocycles. The summed E-state index contributed by atoms with van der Waals surface area (Å²) in [6.45, 7) is 3.65. The Morgan fingerprint density at radius 1 is 0.893 bits per heavy atom. The van der Waals surface area contributed by atoms with E-state index in [1.807, 2.05) is 0 Å². The van der Waals surface area contributed by atoms with E-state index in [2.05, 4.69) is 6.92 Å². The maximum absolute atomic E-state index is 11.6. The van der Waals surface area contributed by atoms with Crippen molar-refractivity contribution in [2.24, 2.45) is 0 Å². The van der Waals surface area contributed by atoms with Gasteiger partial charge in [-0.3, -0.25) is 4.57 Å². The summed E-state index contributed by atoms with van der Waals surface area (Å²) < 4.78 is 25.8. The second kappa shape index (κ2) is 20.4. The zero-order valence-corrected chi connectivity index (χ0v) is 20.7. The molecule has 1 atom stereocenters. The maximum Gasteiger partial charge on any atom is 1.00 e. The van der Waals surface area contributed by atoms with Crippen molar-refractivity contribution < 1.29 is 62.7 Å². The molecular weight excluding hydrogens is 394 g/mol. The first-order valence-corrected chi connectivity index (χ1v) is 11.5. The molecule has 0 fully saturated rings. The molecule has 0 radical (unpaired) electrons. The van der Waals surface area contributed by atoms with Gasteiger partial charge in [0.15, 0.2) is 5.76 Å².